The van der Waals surface area contributed by atoms with E-state index in [1.807, 2.05) is 23.5 Å². The Labute approximate surface area is 377 Å². The Balaban J connectivity index is 0.948. The zero-order chi connectivity index (χ0) is 42.2. The van der Waals surface area contributed by atoms with Crippen molar-refractivity contribution in [2.24, 2.45) is 0 Å². The van der Waals surface area contributed by atoms with Crippen LogP contribution in [0.15, 0.2) is 211 Å². The van der Waals surface area contributed by atoms with Gasteiger partial charge in [0, 0.05) is 37.6 Å². The largest absolute Gasteiger partial charge is 0.456 e. The van der Waals surface area contributed by atoms with Gasteiger partial charge in [0.1, 0.15) is 11.2 Å². The molecule has 0 amide bonds. The number of aryl methyl sites for hydroxylation is 1. The van der Waals surface area contributed by atoms with Crippen molar-refractivity contribution in [3.05, 3.63) is 255 Å². The summed E-state index contributed by atoms with van der Waals surface area (Å²) in [4.78, 5) is 5.43. The highest BCUT2D eigenvalue weighted by Crippen LogP contribution is 2.56. The Kier molecular flexibility index (Phi) is 8.60. The summed E-state index contributed by atoms with van der Waals surface area (Å²) >= 11 is 2.01. The molecular weight excluding hydrogens is 795 g/mol. The van der Waals surface area contributed by atoms with E-state index in [1.54, 1.807) is 10.4 Å². The summed E-state index contributed by atoms with van der Waals surface area (Å²) in [5.74, 6) is 0. The summed E-state index contributed by atoms with van der Waals surface area (Å²) in [7, 11) is 0. The fourth-order valence-corrected chi connectivity index (χ4v) is 12.4. The van der Waals surface area contributed by atoms with Gasteiger partial charge in [-0.2, -0.15) is 0 Å². The molecule has 0 aliphatic heterocycles. The van der Waals surface area contributed by atoms with Crippen LogP contribution in [0.1, 0.15) is 61.5 Å². The van der Waals surface area contributed by atoms with Crippen molar-refractivity contribution in [3.63, 3.8) is 0 Å². The zero-order valence-corrected chi connectivity index (χ0v) is 36.1. The first-order valence-electron chi connectivity index (χ1n) is 22.5. The van der Waals surface area contributed by atoms with Gasteiger partial charge in [0.2, 0.25) is 0 Å². The van der Waals surface area contributed by atoms with Crippen molar-refractivity contribution in [1.82, 2.24) is 0 Å². The third kappa shape index (κ3) is 5.71. The van der Waals surface area contributed by atoms with Crippen LogP contribution in [0.25, 0.3) is 55.8 Å². The highest BCUT2D eigenvalue weighted by atomic mass is 32.1. The summed E-state index contributed by atoms with van der Waals surface area (Å²) in [6.45, 7) is 0. The molecule has 304 valence electrons. The molecule has 0 N–H and O–H groups in total. The summed E-state index contributed by atoms with van der Waals surface area (Å²) < 4.78 is 6.22. The maximum Gasteiger partial charge on any atom is 0.135 e. The molecule has 13 rings (SSSR count). The second-order valence-corrected chi connectivity index (χ2v) is 18.4. The molecule has 0 unspecified atom stereocenters. The lowest BCUT2D eigenvalue weighted by Gasteiger charge is -2.34. The Morgan fingerprint density at radius 3 is 1.94 bits per heavy atom. The monoisotopic (exact) mass is 837 g/mol. The summed E-state index contributed by atoms with van der Waals surface area (Å²) in [6.07, 6.45) is 11.7. The van der Waals surface area contributed by atoms with Crippen molar-refractivity contribution in [2.45, 2.75) is 31.1 Å². The van der Waals surface area contributed by atoms with Crippen LogP contribution in [-0.4, -0.2) is 0 Å². The van der Waals surface area contributed by atoms with Crippen LogP contribution in [-0.2, 0) is 18.3 Å². The smallest absolute Gasteiger partial charge is 0.135 e. The van der Waals surface area contributed by atoms with Crippen LogP contribution in [0, 0.1) is 0 Å². The molecule has 3 aliphatic rings. The topological polar surface area (TPSA) is 16.4 Å². The van der Waals surface area contributed by atoms with E-state index < -0.39 is 5.41 Å². The maximum absolute atomic E-state index is 6.22. The second kappa shape index (κ2) is 14.8. The van der Waals surface area contributed by atoms with E-state index in [9.17, 15) is 0 Å². The molecule has 0 atom stereocenters. The first-order valence-corrected chi connectivity index (χ1v) is 23.3. The number of nitrogens with zero attached hydrogens (tertiary/aromatic N) is 1. The number of hydrogen-bond acceptors (Lipinski definition) is 3. The average Bonchev–Trinajstić information content (AvgIpc) is 4.03. The van der Waals surface area contributed by atoms with Crippen molar-refractivity contribution in [2.75, 3.05) is 4.90 Å². The number of allylic oxidation sites excluding steroid dienone is 2. The molecule has 8 aromatic carbocycles. The maximum atomic E-state index is 6.22. The molecule has 3 aliphatic carbocycles. The van der Waals surface area contributed by atoms with E-state index in [2.05, 4.69) is 205 Å². The Morgan fingerprint density at radius 2 is 1.14 bits per heavy atom. The molecular formula is C61H43NOS. The van der Waals surface area contributed by atoms with E-state index in [0.717, 1.165) is 75.8 Å². The molecule has 0 fully saturated rings. The van der Waals surface area contributed by atoms with Crippen LogP contribution in [0.5, 0.6) is 0 Å². The van der Waals surface area contributed by atoms with E-state index in [0.29, 0.717) is 0 Å². The normalized spacial score (nSPS) is 14.5. The predicted molar refractivity (Wildman–Crippen MR) is 268 cm³/mol. The molecule has 0 saturated carbocycles. The number of para-hydroxylation sites is 1. The molecule has 0 radical (unpaired) electrons. The predicted octanol–water partition coefficient (Wildman–Crippen LogP) is 16.5. The van der Waals surface area contributed by atoms with Gasteiger partial charge < -0.3 is 9.32 Å². The second-order valence-electron chi connectivity index (χ2n) is 17.3. The fourth-order valence-electron chi connectivity index (χ4n) is 11.0. The quantitative estimate of drug-likeness (QED) is 0.159. The lowest BCUT2D eigenvalue weighted by atomic mass is 9.68. The zero-order valence-electron chi connectivity index (χ0n) is 35.3. The number of benzene rings is 8. The lowest BCUT2D eigenvalue weighted by molar-refractivity contribution is 0.669. The van der Waals surface area contributed by atoms with Crippen molar-refractivity contribution in [1.29, 1.82) is 0 Å². The minimum Gasteiger partial charge on any atom is -0.456 e. The molecule has 0 saturated heterocycles. The first kappa shape index (κ1) is 37.1. The minimum atomic E-state index is -0.460. The third-order valence-electron chi connectivity index (χ3n) is 13.9. The van der Waals surface area contributed by atoms with Crippen molar-refractivity contribution in [3.8, 4) is 22.3 Å². The molecule has 10 aromatic rings. The Morgan fingerprint density at radius 1 is 0.484 bits per heavy atom. The van der Waals surface area contributed by atoms with E-state index in [1.165, 1.54) is 55.0 Å². The van der Waals surface area contributed by atoms with Gasteiger partial charge in [0.15, 0.2) is 0 Å². The van der Waals surface area contributed by atoms with E-state index in [-0.39, 0.29) is 0 Å². The van der Waals surface area contributed by atoms with Gasteiger partial charge in [-0.3, -0.25) is 0 Å². The molecule has 0 bridgehead atoms. The van der Waals surface area contributed by atoms with Crippen molar-refractivity contribution < 1.29 is 4.42 Å². The van der Waals surface area contributed by atoms with Crippen LogP contribution in [0.3, 0.4) is 0 Å². The highest BCUT2D eigenvalue weighted by Gasteiger charge is 2.45. The molecule has 2 heterocycles. The van der Waals surface area contributed by atoms with Gasteiger partial charge >= 0.3 is 0 Å². The fraction of sp³-hybridized carbons (Fsp3) is 0.0820. The van der Waals surface area contributed by atoms with Gasteiger partial charge in [0.05, 0.1) is 5.41 Å². The number of hydrogen-bond donors (Lipinski definition) is 0. The van der Waals surface area contributed by atoms with E-state index in [4.69, 9.17) is 4.42 Å². The molecule has 3 heteroatoms. The summed E-state index contributed by atoms with van der Waals surface area (Å²) in [5, 5.41) is 2.27. The number of furan rings is 1. The first-order chi connectivity index (χ1) is 31.7. The standard InChI is InChI=1S/C61H43NOS/c1-2-15-43(16-3-1)61(55-24-8-4-18-49(55)50-19-5-9-25-56(50)61)44-31-35-46(36-32-44)62(45-33-28-40(29-34-45)48-22-13-23-53-52-21-7-11-27-59(52)64-60(48)53)47-17-12-14-41(38-47)42-30-37-58-54(39-42)51-20-6-10-26-57(51)63-58/h1-10,12,14-22,24-26,28-39H,11,13,23,27H2. The number of rotatable bonds is 7. The van der Waals surface area contributed by atoms with Crippen LogP contribution in [0.2, 0.25) is 0 Å². The number of thiophene rings is 1. The van der Waals surface area contributed by atoms with Crippen LogP contribution in [0.4, 0.5) is 17.1 Å². The third-order valence-corrected chi connectivity index (χ3v) is 15.2. The molecule has 2 aromatic heterocycles. The summed E-state index contributed by atoms with van der Waals surface area (Å²) in [6, 6.07) is 71.6. The summed E-state index contributed by atoms with van der Waals surface area (Å²) in [5.41, 5.74) is 20.4. The van der Waals surface area contributed by atoms with Gasteiger partial charge in [-0.05, 0) is 147 Å². The Bertz CT molecular complexity index is 3450. The van der Waals surface area contributed by atoms with Crippen LogP contribution < -0.4 is 4.90 Å². The highest BCUT2D eigenvalue weighted by molar-refractivity contribution is 7.13. The average molecular weight is 838 g/mol. The molecule has 0 spiro atoms. The van der Waals surface area contributed by atoms with E-state index >= 15 is 0 Å². The number of anilines is 3. The van der Waals surface area contributed by atoms with Crippen molar-refractivity contribution >= 4 is 62.0 Å². The Hall–Kier alpha value is -7.46. The minimum absolute atomic E-state index is 0.460. The molecule has 2 nitrogen and oxygen atoms in total. The van der Waals surface area contributed by atoms with Gasteiger partial charge in [0.25, 0.3) is 0 Å². The van der Waals surface area contributed by atoms with Crippen LogP contribution >= 0.6 is 11.3 Å². The van der Waals surface area contributed by atoms with Gasteiger partial charge in [-0.15, -0.1) is 11.3 Å². The number of fused-ring (bicyclic) bond motifs is 9. The SMILES string of the molecule is C1=Cc2c(sc3c2CCC=C3c2ccc(N(c3ccc(C4(c5ccccc5)c5ccccc5-c5ccccc54)cc3)c3cccc(-c4ccc5oc6ccccc6c5c4)c3)cc2)CC1. The van der Waals surface area contributed by atoms with Gasteiger partial charge in [-0.1, -0.05) is 158 Å². The van der Waals surface area contributed by atoms with Gasteiger partial charge in [-0.25, -0.2) is 0 Å². The molecule has 64 heavy (non-hydrogen) atoms. The lowest BCUT2D eigenvalue weighted by Crippen LogP contribution is -2.28.